The van der Waals surface area contributed by atoms with Crippen LogP contribution < -0.4 is 5.32 Å². The number of likely N-dealkylation sites (tertiary alicyclic amines) is 1. The highest BCUT2D eigenvalue weighted by atomic mass is 35.5. The van der Waals surface area contributed by atoms with Crippen LogP contribution in [0, 0.1) is 17.3 Å². The molecule has 1 aromatic heterocycles. The summed E-state index contributed by atoms with van der Waals surface area (Å²) < 4.78 is 10.4. The Morgan fingerprint density at radius 1 is 1.15 bits per heavy atom. The fourth-order valence-electron chi connectivity index (χ4n) is 3.76. The van der Waals surface area contributed by atoms with Gasteiger partial charge in [-0.3, -0.25) is 9.59 Å². The maximum Gasteiger partial charge on any atom is 0.410 e. The van der Waals surface area contributed by atoms with Gasteiger partial charge in [-0.15, -0.1) is 0 Å². The van der Waals surface area contributed by atoms with Crippen LogP contribution in [0.1, 0.15) is 66.1 Å². The van der Waals surface area contributed by atoms with Crippen LogP contribution in [0.15, 0.2) is 12.1 Å². The molecule has 9 nitrogen and oxygen atoms in total. The second-order valence-electron chi connectivity index (χ2n) is 10.6. The number of anilines is 1. The van der Waals surface area contributed by atoms with Gasteiger partial charge in [0, 0.05) is 24.1 Å². The topological polar surface area (TPSA) is 118 Å². The predicted octanol–water partition coefficient (Wildman–Crippen LogP) is 4.19. The molecule has 34 heavy (non-hydrogen) atoms. The van der Waals surface area contributed by atoms with Crippen LogP contribution in [-0.4, -0.2) is 58.8 Å². The summed E-state index contributed by atoms with van der Waals surface area (Å²) in [6.45, 7) is 11.4. The predicted molar refractivity (Wildman–Crippen MR) is 128 cm³/mol. The summed E-state index contributed by atoms with van der Waals surface area (Å²) in [6, 6.07) is 3.04. The number of hydrogen-bond acceptors (Lipinski definition) is 7. The summed E-state index contributed by atoms with van der Waals surface area (Å²) in [5, 5.41) is 14.2. The smallest absolute Gasteiger partial charge is 0.410 e. The fourth-order valence-corrected chi connectivity index (χ4v) is 3.90. The highest BCUT2D eigenvalue weighted by Gasteiger charge is 2.40. The average molecular weight is 498 g/mol. The van der Waals surface area contributed by atoms with Crippen molar-refractivity contribution in [2.24, 2.45) is 17.3 Å². The molecular weight excluding hydrogens is 462 g/mol. The van der Waals surface area contributed by atoms with Crippen LogP contribution >= 0.6 is 11.6 Å². The summed E-state index contributed by atoms with van der Waals surface area (Å²) in [5.74, 6) is -1.97. The van der Waals surface area contributed by atoms with Crippen molar-refractivity contribution in [2.75, 3.05) is 25.5 Å². The molecule has 1 aromatic rings. The van der Waals surface area contributed by atoms with Gasteiger partial charge < -0.3 is 24.8 Å². The zero-order chi connectivity index (χ0) is 25.8. The van der Waals surface area contributed by atoms with E-state index in [1.165, 1.54) is 13.2 Å². The van der Waals surface area contributed by atoms with E-state index in [0.717, 1.165) is 0 Å². The van der Waals surface area contributed by atoms with Crippen LogP contribution in [0.4, 0.5) is 10.6 Å². The molecule has 1 fully saturated rings. The molecular formula is C24H36ClN3O6. The molecule has 0 spiro atoms. The molecule has 1 aliphatic rings. The first-order chi connectivity index (χ1) is 15.6. The van der Waals surface area contributed by atoms with Crippen LogP contribution in [0.2, 0.25) is 5.15 Å². The van der Waals surface area contributed by atoms with E-state index in [1.54, 1.807) is 52.5 Å². The van der Waals surface area contributed by atoms with Crippen molar-refractivity contribution in [1.29, 1.82) is 0 Å². The van der Waals surface area contributed by atoms with Crippen LogP contribution in [-0.2, 0) is 19.1 Å². The lowest BCUT2D eigenvalue weighted by molar-refractivity contribution is -0.153. The van der Waals surface area contributed by atoms with Gasteiger partial charge in [0.25, 0.3) is 0 Å². The van der Waals surface area contributed by atoms with Gasteiger partial charge in [0.1, 0.15) is 16.6 Å². The molecule has 0 aromatic carbocycles. The van der Waals surface area contributed by atoms with Crippen LogP contribution in [0.3, 0.4) is 0 Å². The molecule has 2 rings (SSSR count). The highest BCUT2D eigenvalue weighted by Crippen LogP contribution is 2.38. The summed E-state index contributed by atoms with van der Waals surface area (Å²) in [7, 11) is 1.26. The number of hydrogen-bond donors (Lipinski definition) is 2. The molecule has 2 heterocycles. The molecule has 2 amide bonds. The van der Waals surface area contributed by atoms with Gasteiger partial charge in [0.05, 0.1) is 19.1 Å². The number of amides is 2. The van der Waals surface area contributed by atoms with Gasteiger partial charge >= 0.3 is 12.1 Å². The molecule has 2 N–H and O–H groups in total. The highest BCUT2D eigenvalue weighted by molar-refractivity contribution is 6.29. The van der Waals surface area contributed by atoms with Gasteiger partial charge in [0.15, 0.2) is 0 Å². The van der Waals surface area contributed by atoms with Crippen molar-refractivity contribution in [3.63, 3.8) is 0 Å². The Kier molecular flexibility index (Phi) is 8.93. The number of aliphatic hydroxyl groups excluding tert-OH is 1. The summed E-state index contributed by atoms with van der Waals surface area (Å²) in [6.07, 6.45) is -0.762. The third kappa shape index (κ3) is 7.30. The first-order valence-corrected chi connectivity index (χ1v) is 11.7. The number of methoxy groups -OCH3 is 1. The Bertz CT molecular complexity index is 901. The molecule has 2 atom stereocenters. The maximum atomic E-state index is 12.8. The SMILES string of the molecule is COC(=O)C(C1CCN(C(=O)OC(C)(C)C)CC1)C(O)c1ccc(Cl)nc1NC(=O)C(C)(C)C. The number of ether oxygens (including phenoxy) is 2. The Hall–Kier alpha value is -2.39. The molecule has 0 aliphatic carbocycles. The quantitative estimate of drug-likeness (QED) is 0.462. The summed E-state index contributed by atoms with van der Waals surface area (Å²) >= 11 is 6.04. The summed E-state index contributed by atoms with van der Waals surface area (Å²) in [5.41, 5.74) is -1.04. The maximum absolute atomic E-state index is 12.8. The third-order valence-corrected chi connectivity index (χ3v) is 5.85. The Morgan fingerprint density at radius 2 is 1.74 bits per heavy atom. The van der Waals surface area contributed by atoms with Crippen LogP contribution in [0.5, 0.6) is 0 Å². The van der Waals surface area contributed by atoms with E-state index in [-0.39, 0.29) is 28.4 Å². The Morgan fingerprint density at radius 3 is 2.24 bits per heavy atom. The van der Waals surface area contributed by atoms with Gasteiger partial charge in [0.2, 0.25) is 5.91 Å². The molecule has 0 saturated carbocycles. The number of pyridine rings is 1. The second-order valence-corrected chi connectivity index (χ2v) is 11.0. The molecule has 2 unspecified atom stereocenters. The lowest BCUT2D eigenvalue weighted by Crippen LogP contribution is -2.44. The number of carbonyl (C=O) groups excluding carboxylic acids is 3. The van der Waals surface area contributed by atoms with E-state index in [9.17, 15) is 19.5 Å². The minimum absolute atomic E-state index is 0.0972. The molecule has 0 radical (unpaired) electrons. The van der Waals surface area contributed by atoms with E-state index >= 15 is 0 Å². The first-order valence-electron chi connectivity index (χ1n) is 11.4. The van der Waals surface area contributed by atoms with E-state index < -0.39 is 35.1 Å². The molecule has 0 bridgehead atoms. The number of nitrogens with zero attached hydrogens (tertiary/aromatic N) is 2. The number of halogens is 1. The number of carbonyl (C=O) groups is 3. The normalized spacial score (nSPS) is 17.0. The first kappa shape index (κ1) is 27.9. The number of aromatic nitrogens is 1. The lowest BCUT2D eigenvalue weighted by Gasteiger charge is -2.37. The fraction of sp³-hybridized carbons (Fsp3) is 0.667. The molecule has 1 aliphatic heterocycles. The number of esters is 1. The minimum atomic E-state index is -1.30. The van der Waals surface area contributed by atoms with Crippen molar-refractivity contribution in [3.8, 4) is 0 Å². The second kappa shape index (κ2) is 10.9. The van der Waals surface area contributed by atoms with E-state index in [4.69, 9.17) is 21.1 Å². The number of piperidine rings is 1. The van der Waals surface area contributed by atoms with Crippen molar-refractivity contribution in [1.82, 2.24) is 9.88 Å². The summed E-state index contributed by atoms with van der Waals surface area (Å²) in [4.78, 5) is 43.5. The molecule has 10 heteroatoms. The zero-order valence-electron chi connectivity index (χ0n) is 21.0. The Balaban J connectivity index is 2.26. The van der Waals surface area contributed by atoms with E-state index in [2.05, 4.69) is 10.3 Å². The lowest BCUT2D eigenvalue weighted by atomic mass is 9.79. The standard InChI is InChI=1S/C24H36ClN3O6/c1-23(2,3)21(31)27-19-15(8-9-16(25)26-19)18(29)17(20(30)33-7)14-10-12-28(13-11-14)22(32)34-24(4,5)6/h8-9,14,17-18,29H,10-13H2,1-7H3,(H,26,27,31). The Labute approximate surface area is 206 Å². The number of aliphatic hydroxyl groups is 1. The minimum Gasteiger partial charge on any atom is -0.469 e. The third-order valence-electron chi connectivity index (χ3n) is 5.64. The van der Waals surface area contributed by atoms with Crippen molar-refractivity contribution < 1.29 is 29.0 Å². The molecule has 190 valence electrons. The zero-order valence-corrected chi connectivity index (χ0v) is 21.7. The average Bonchev–Trinajstić information content (AvgIpc) is 2.72. The van der Waals surface area contributed by atoms with Crippen molar-refractivity contribution in [2.45, 2.75) is 66.1 Å². The van der Waals surface area contributed by atoms with Gasteiger partial charge in [-0.05, 0) is 51.7 Å². The van der Waals surface area contributed by atoms with Crippen molar-refractivity contribution >= 4 is 35.4 Å². The van der Waals surface area contributed by atoms with Crippen molar-refractivity contribution in [3.05, 3.63) is 22.8 Å². The van der Waals surface area contributed by atoms with Gasteiger partial charge in [-0.25, -0.2) is 9.78 Å². The van der Waals surface area contributed by atoms with Gasteiger partial charge in [-0.1, -0.05) is 32.4 Å². The molecule has 1 saturated heterocycles. The van der Waals surface area contributed by atoms with Gasteiger partial charge in [-0.2, -0.15) is 0 Å². The number of rotatable bonds is 5. The number of nitrogens with one attached hydrogen (secondary N) is 1. The van der Waals surface area contributed by atoms with E-state index in [1.807, 2.05) is 0 Å². The van der Waals surface area contributed by atoms with E-state index in [0.29, 0.717) is 25.9 Å². The van der Waals surface area contributed by atoms with Crippen LogP contribution in [0.25, 0.3) is 0 Å². The largest absolute Gasteiger partial charge is 0.469 e. The monoisotopic (exact) mass is 497 g/mol.